The first-order chi connectivity index (χ1) is 13.8. The van der Waals surface area contributed by atoms with Crippen molar-refractivity contribution in [2.75, 3.05) is 42.8 Å². The smallest absolute Gasteiger partial charge is 0.237 e. The molecule has 2 aliphatic heterocycles. The number of anilines is 1. The van der Waals surface area contributed by atoms with Crippen LogP contribution in [0, 0.1) is 5.92 Å². The molecule has 1 aromatic rings. The lowest BCUT2D eigenvalue weighted by molar-refractivity contribution is 0.265. The first-order valence-corrected chi connectivity index (χ1v) is 12.3. The zero-order valence-corrected chi connectivity index (χ0v) is 18.9. The maximum atomic E-state index is 12.9. The zero-order chi connectivity index (χ0) is 21.0. The minimum Gasteiger partial charge on any atom is -0.357 e. The molecule has 1 saturated heterocycles. The monoisotopic (exact) mass is 421 g/mol. The van der Waals surface area contributed by atoms with Gasteiger partial charge in [0, 0.05) is 38.3 Å². The van der Waals surface area contributed by atoms with Gasteiger partial charge in [0.05, 0.1) is 18.0 Å². The number of para-hydroxylation sites is 1. The summed E-state index contributed by atoms with van der Waals surface area (Å²) < 4.78 is 27.3. The third-order valence-electron chi connectivity index (χ3n) is 5.84. The predicted molar refractivity (Wildman–Crippen MR) is 120 cm³/mol. The number of aliphatic imine (C=N–C) groups is 1. The van der Waals surface area contributed by atoms with E-state index in [9.17, 15) is 8.42 Å². The third-order valence-corrected chi connectivity index (χ3v) is 7.59. The Morgan fingerprint density at radius 2 is 2.03 bits per heavy atom. The Bertz CT molecular complexity index is 824. The van der Waals surface area contributed by atoms with Gasteiger partial charge in [0.1, 0.15) is 0 Å². The van der Waals surface area contributed by atoms with Crippen LogP contribution >= 0.6 is 0 Å². The summed E-state index contributed by atoms with van der Waals surface area (Å²) in [6.07, 6.45) is 0.773. The number of sulfonamides is 1. The Kier molecular flexibility index (Phi) is 7.05. The molecular weight excluding hydrogens is 386 g/mol. The Balaban J connectivity index is 1.61. The fourth-order valence-corrected chi connectivity index (χ4v) is 5.48. The number of fused-ring (bicyclic) bond motifs is 1. The lowest BCUT2D eigenvalue weighted by atomic mass is 10.1. The highest BCUT2D eigenvalue weighted by Gasteiger charge is 2.32. The van der Waals surface area contributed by atoms with E-state index in [0.29, 0.717) is 30.5 Å². The van der Waals surface area contributed by atoms with E-state index in [0.717, 1.165) is 37.3 Å². The highest BCUT2D eigenvalue weighted by Crippen LogP contribution is 2.29. The maximum absolute atomic E-state index is 12.9. The summed E-state index contributed by atoms with van der Waals surface area (Å²) in [4.78, 5) is 7.02. The van der Waals surface area contributed by atoms with Crippen LogP contribution < -0.4 is 14.9 Å². The van der Waals surface area contributed by atoms with Crippen LogP contribution in [-0.4, -0.2) is 69.8 Å². The molecule has 2 heterocycles. The van der Waals surface area contributed by atoms with Crippen LogP contribution in [0.5, 0.6) is 0 Å². The summed E-state index contributed by atoms with van der Waals surface area (Å²) >= 11 is 0. The van der Waals surface area contributed by atoms with Crippen molar-refractivity contribution in [3.63, 3.8) is 0 Å². The molecule has 2 atom stereocenters. The molecule has 0 amide bonds. The summed E-state index contributed by atoms with van der Waals surface area (Å²) in [6, 6.07) is 8.57. The minimum atomic E-state index is -3.38. The molecule has 0 aromatic heterocycles. The Labute approximate surface area is 175 Å². The molecule has 0 bridgehead atoms. The van der Waals surface area contributed by atoms with Crippen LogP contribution in [0.25, 0.3) is 0 Å². The molecule has 2 aliphatic rings. The summed E-state index contributed by atoms with van der Waals surface area (Å²) in [6.45, 7) is 12.3. The van der Waals surface area contributed by atoms with Crippen LogP contribution in [0.1, 0.15) is 33.3 Å². The summed E-state index contributed by atoms with van der Waals surface area (Å²) in [5.74, 6) is 1.23. The van der Waals surface area contributed by atoms with Crippen molar-refractivity contribution in [3.8, 4) is 0 Å². The number of nitrogens with one attached hydrogen (secondary N) is 2. The SMILES string of the molecule is CCNC(=NCCS(=O)(=O)N1CCc2ccccc21)NC1CN(C(C)C)CC1C. The van der Waals surface area contributed by atoms with E-state index < -0.39 is 10.0 Å². The van der Waals surface area contributed by atoms with Gasteiger partial charge in [-0.25, -0.2) is 8.42 Å². The van der Waals surface area contributed by atoms with E-state index in [1.54, 1.807) is 0 Å². The van der Waals surface area contributed by atoms with Crippen LogP contribution in [0.3, 0.4) is 0 Å². The van der Waals surface area contributed by atoms with Crippen molar-refractivity contribution in [2.45, 2.75) is 46.2 Å². The van der Waals surface area contributed by atoms with Gasteiger partial charge in [-0.05, 0) is 44.7 Å². The molecule has 0 spiro atoms. The summed E-state index contributed by atoms with van der Waals surface area (Å²) in [5.41, 5.74) is 1.91. The van der Waals surface area contributed by atoms with Crippen LogP contribution in [0.2, 0.25) is 0 Å². The molecule has 1 fully saturated rings. The van der Waals surface area contributed by atoms with Crippen molar-refractivity contribution in [2.24, 2.45) is 10.9 Å². The first-order valence-electron chi connectivity index (χ1n) is 10.7. The second-order valence-electron chi connectivity index (χ2n) is 8.30. The number of nitrogens with zero attached hydrogens (tertiary/aromatic N) is 3. The maximum Gasteiger partial charge on any atom is 0.237 e. The van der Waals surface area contributed by atoms with Gasteiger partial charge in [-0.2, -0.15) is 0 Å². The van der Waals surface area contributed by atoms with Gasteiger partial charge >= 0.3 is 0 Å². The van der Waals surface area contributed by atoms with Gasteiger partial charge in [-0.15, -0.1) is 0 Å². The standard InChI is InChI=1S/C21H35N5O2S/c1-5-22-21(24-19-15-25(16(2)3)14-17(19)4)23-11-13-29(27,28)26-12-10-18-8-6-7-9-20(18)26/h6-9,16-17,19H,5,10-15H2,1-4H3,(H2,22,23,24). The number of likely N-dealkylation sites (tertiary alicyclic amines) is 1. The fourth-order valence-electron chi connectivity index (χ4n) is 4.09. The van der Waals surface area contributed by atoms with E-state index in [-0.39, 0.29) is 12.3 Å². The van der Waals surface area contributed by atoms with Crippen LogP contribution in [-0.2, 0) is 16.4 Å². The zero-order valence-electron chi connectivity index (χ0n) is 18.1. The van der Waals surface area contributed by atoms with Gasteiger partial charge in [0.2, 0.25) is 10.0 Å². The Hall–Kier alpha value is -1.80. The van der Waals surface area contributed by atoms with E-state index in [1.165, 1.54) is 4.31 Å². The largest absolute Gasteiger partial charge is 0.357 e. The number of benzene rings is 1. The van der Waals surface area contributed by atoms with Gasteiger partial charge in [-0.1, -0.05) is 25.1 Å². The number of guanidine groups is 1. The van der Waals surface area contributed by atoms with E-state index >= 15 is 0 Å². The molecule has 29 heavy (non-hydrogen) atoms. The highest BCUT2D eigenvalue weighted by atomic mass is 32.2. The number of hydrogen-bond acceptors (Lipinski definition) is 4. The summed E-state index contributed by atoms with van der Waals surface area (Å²) in [7, 11) is -3.38. The molecule has 3 rings (SSSR count). The molecule has 2 unspecified atom stereocenters. The molecule has 0 aliphatic carbocycles. The minimum absolute atomic E-state index is 0.0102. The first kappa shape index (κ1) is 21.9. The summed E-state index contributed by atoms with van der Waals surface area (Å²) in [5, 5.41) is 6.77. The lowest BCUT2D eigenvalue weighted by Gasteiger charge is -2.22. The van der Waals surface area contributed by atoms with Gasteiger partial charge in [0.15, 0.2) is 5.96 Å². The third kappa shape index (κ3) is 5.22. The second kappa shape index (κ2) is 9.34. The molecule has 7 nitrogen and oxygen atoms in total. The van der Waals surface area contributed by atoms with Gasteiger partial charge in [-0.3, -0.25) is 14.2 Å². The molecule has 1 aromatic carbocycles. The molecule has 8 heteroatoms. The number of hydrogen-bond donors (Lipinski definition) is 2. The Morgan fingerprint density at radius 3 is 2.72 bits per heavy atom. The molecular formula is C21H35N5O2S. The van der Waals surface area contributed by atoms with Gasteiger partial charge in [0.25, 0.3) is 0 Å². The fraction of sp³-hybridized carbons (Fsp3) is 0.667. The van der Waals surface area contributed by atoms with Crippen molar-refractivity contribution >= 4 is 21.7 Å². The van der Waals surface area contributed by atoms with E-state index in [1.807, 2.05) is 31.2 Å². The average Bonchev–Trinajstić information content (AvgIpc) is 3.26. The second-order valence-corrected chi connectivity index (χ2v) is 10.3. The van der Waals surface area contributed by atoms with Gasteiger partial charge < -0.3 is 10.6 Å². The normalized spacial score (nSPS) is 22.9. The predicted octanol–water partition coefficient (Wildman–Crippen LogP) is 1.66. The topological polar surface area (TPSA) is 77.0 Å². The van der Waals surface area contributed by atoms with Crippen molar-refractivity contribution in [1.29, 1.82) is 0 Å². The van der Waals surface area contributed by atoms with Crippen LogP contribution in [0.4, 0.5) is 5.69 Å². The lowest BCUT2D eigenvalue weighted by Crippen LogP contribution is -2.47. The van der Waals surface area contributed by atoms with Crippen LogP contribution in [0.15, 0.2) is 29.3 Å². The van der Waals surface area contributed by atoms with Crippen molar-refractivity contribution in [1.82, 2.24) is 15.5 Å². The van der Waals surface area contributed by atoms with Crippen molar-refractivity contribution in [3.05, 3.63) is 29.8 Å². The Morgan fingerprint density at radius 1 is 1.28 bits per heavy atom. The van der Waals surface area contributed by atoms with E-state index in [4.69, 9.17) is 0 Å². The molecule has 162 valence electrons. The number of rotatable bonds is 7. The van der Waals surface area contributed by atoms with E-state index in [2.05, 4.69) is 41.3 Å². The molecule has 0 saturated carbocycles. The van der Waals surface area contributed by atoms with Crippen molar-refractivity contribution < 1.29 is 8.42 Å². The molecule has 0 radical (unpaired) electrons. The highest BCUT2D eigenvalue weighted by molar-refractivity contribution is 7.92. The quantitative estimate of drug-likeness (QED) is 0.517. The average molecular weight is 422 g/mol. The molecule has 2 N–H and O–H groups in total.